The summed E-state index contributed by atoms with van der Waals surface area (Å²) < 4.78 is 59.3. The van der Waals surface area contributed by atoms with Gasteiger partial charge in [-0.25, -0.2) is 4.79 Å². The van der Waals surface area contributed by atoms with Crippen molar-refractivity contribution < 1.29 is 41.7 Å². The van der Waals surface area contributed by atoms with Gasteiger partial charge < -0.3 is 24.3 Å². The van der Waals surface area contributed by atoms with E-state index in [1.807, 2.05) is 0 Å². The molecule has 11 heteroatoms. The summed E-state index contributed by atoms with van der Waals surface area (Å²) in [4.78, 5) is 23.7. The smallest absolute Gasteiger partial charge is 0.416 e. The van der Waals surface area contributed by atoms with E-state index in [-0.39, 0.29) is 31.4 Å². The van der Waals surface area contributed by atoms with Crippen LogP contribution in [0.3, 0.4) is 0 Å². The number of anilines is 1. The van der Waals surface area contributed by atoms with Crippen molar-refractivity contribution in [2.24, 2.45) is 0 Å². The molecule has 2 saturated heterocycles. The Bertz CT molecular complexity index is 729. The third kappa shape index (κ3) is 4.72. The minimum Gasteiger partial charge on any atom is -0.441 e. The highest BCUT2D eigenvalue weighted by Crippen LogP contribution is 2.31. The molecule has 28 heavy (non-hydrogen) atoms. The molecule has 0 aliphatic carbocycles. The molecule has 0 aromatic heterocycles. The molecule has 2 fully saturated rings. The summed E-state index contributed by atoms with van der Waals surface area (Å²) in [5.74, 6) is -0.327. The number of hydrogen-bond acceptors (Lipinski definition) is 6. The number of hydrogen-bond donors (Lipinski definition) is 2. The first-order valence-corrected chi connectivity index (χ1v) is 8.44. The lowest BCUT2D eigenvalue weighted by Gasteiger charge is -2.18. The van der Waals surface area contributed by atoms with E-state index in [0.29, 0.717) is 0 Å². The SMILES string of the molecule is COCC(=O)N[C@@H]1CO[C@@H]2[C@@H]1OC[C@H]2OC(=O)Nc1cccc(C(F)(F)F)c1. The number of amides is 2. The highest BCUT2D eigenvalue weighted by molar-refractivity contribution is 5.84. The van der Waals surface area contributed by atoms with E-state index in [1.54, 1.807) is 0 Å². The topological polar surface area (TPSA) is 95.1 Å². The molecule has 1 aromatic carbocycles. The molecule has 0 radical (unpaired) electrons. The maximum absolute atomic E-state index is 12.7. The maximum Gasteiger partial charge on any atom is 0.416 e. The zero-order chi connectivity index (χ0) is 20.3. The third-order valence-electron chi connectivity index (χ3n) is 4.32. The number of ether oxygens (including phenoxy) is 4. The van der Waals surface area contributed by atoms with E-state index in [9.17, 15) is 22.8 Å². The van der Waals surface area contributed by atoms with Gasteiger partial charge in [0.2, 0.25) is 5.91 Å². The van der Waals surface area contributed by atoms with Crippen LogP contribution in [0.5, 0.6) is 0 Å². The van der Waals surface area contributed by atoms with E-state index in [0.717, 1.165) is 12.1 Å². The van der Waals surface area contributed by atoms with Crippen LogP contribution in [0, 0.1) is 0 Å². The number of carbonyl (C=O) groups excluding carboxylic acids is 2. The van der Waals surface area contributed by atoms with Crippen LogP contribution in [0.1, 0.15) is 5.56 Å². The van der Waals surface area contributed by atoms with Crippen molar-refractivity contribution in [3.05, 3.63) is 29.8 Å². The zero-order valence-electron chi connectivity index (χ0n) is 14.8. The van der Waals surface area contributed by atoms with Crippen molar-refractivity contribution in [3.63, 3.8) is 0 Å². The molecule has 2 aliphatic rings. The van der Waals surface area contributed by atoms with Gasteiger partial charge in [-0.2, -0.15) is 13.2 Å². The molecule has 2 N–H and O–H groups in total. The van der Waals surface area contributed by atoms with Gasteiger partial charge >= 0.3 is 12.3 Å². The summed E-state index contributed by atoms with van der Waals surface area (Å²) >= 11 is 0. The first-order valence-electron chi connectivity index (χ1n) is 8.44. The Morgan fingerprint density at radius 3 is 2.68 bits per heavy atom. The number of rotatable bonds is 5. The number of benzene rings is 1. The van der Waals surface area contributed by atoms with Gasteiger partial charge in [0.05, 0.1) is 24.8 Å². The van der Waals surface area contributed by atoms with Crippen LogP contribution in [0.15, 0.2) is 24.3 Å². The summed E-state index contributed by atoms with van der Waals surface area (Å²) in [5.41, 5.74) is -0.935. The van der Waals surface area contributed by atoms with Gasteiger partial charge in [-0.15, -0.1) is 0 Å². The summed E-state index contributed by atoms with van der Waals surface area (Å²) in [7, 11) is 1.40. The van der Waals surface area contributed by atoms with Gasteiger partial charge in [0.25, 0.3) is 0 Å². The Morgan fingerprint density at radius 2 is 1.96 bits per heavy atom. The van der Waals surface area contributed by atoms with Crippen LogP contribution in [0.2, 0.25) is 0 Å². The lowest BCUT2D eigenvalue weighted by atomic mass is 10.1. The number of halogens is 3. The van der Waals surface area contributed by atoms with Crippen LogP contribution in [-0.4, -0.2) is 63.3 Å². The van der Waals surface area contributed by atoms with Crippen molar-refractivity contribution in [3.8, 4) is 0 Å². The van der Waals surface area contributed by atoms with Crippen molar-refractivity contribution >= 4 is 17.7 Å². The fraction of sp³-hybridized carbons (Fsp3) is 0.529. The molecule has 2 amide bonds. The summed E-state index contributed by atoms with van der Waals surface area (Å²) in [6.07, 6.45) is -7.27. The Morgan fingerprint density at radius 1 is 1.21 bits per heavy atom. The molecule has 3 rings (SSSR count). The number of alkyl halides is 3. The second-order valence-corrected chi connectivity index (χ2v) is 6.35. The second kappa shape index (κ2) is 8.33. The molecule has 8 nitrogen and oxygen atoms in total. The van der Waals surface area contributed by atoms with E-state index < -0.39 is 42.2 Å². The van der Waals surface area contributed by atoms with E-state index >= 15 is 0 Å². The number of nitrogens with one attached hydrogen (secondary N) is 2. The predicted octanol–water partition coefficient (Wildman–Crippen LogP) is 1.55. The van der Waals surface area contributed by atoms with Crippen molar-refractivity contribution in [1.82, 2.24) is 5.32 Å². The lowest BCUT2D eigenvalue weighted by molar-refractivity contribution is -0.137. The monoisotopic (exact) mass is 404 g/mol. The fourth-order valence-corrected chi connectivity index (χ4v) is 3.13. The molecule has 1 aromatic rings. The van der Waals surface area contributed by atoms with Crippen LogP contribution in [0.4, 0.5) is 23.7 Å². The van der Waals surface area contributed by atoms with Gasteiger partial charge in [-0.1, -0.05) is 6.07 Å². The Hall–Kier alpha value is -2.37. The summed E-state index contributed by atoms with van der Waals surface area (Å²) in [6.45, 7) is 0.120. The molecular weight excluding hydrogens is 385 g/mol. The third-order valence-corrected chi connectivity index (χ3v) is 4.32. The largest absolute Gasteiger partial charge is 0.441 e. The predicted molar refractivity (Wildman–Crippen MR) is 88.6 cm³/mol. The summed E-state index contributed by atoms with van der Waals surface area (Å²) in [5, 5.41) is 4.97. The van der Waals surface area contributed by atoms with Crippen molar-refractivity contribution in [2.45, 2.75) is 30.5 Å². The summed E-state index contributed by atoms with van der Waals surface area (Å²) in [6, 6.07) is 3.80. The molecule has 2 aliphatic heterocycles. The van der Waals surface area contributed by atoms with Crippen LogP contribution >= 0.6 is 0 Å². The lowest BCUT2D eigenvalue weighted by Crippen LogP contribution is -2.45. The van der Waals surface area contributed by atoms with Crippen molar-refractivity contribution in [1.29, 1.82) is 0 Å². The molecule has 4 atom stereocenters. The van der Waals surface area contributed by atoms with Crippen LogP contribution in [0.25, 0.3) is 0 Å². The van der Waals surface area contributed by atoms with Crippen molar-refractivity contribution in [2.75, 3.05) is 32.2 Å². The van der Waals surface area contributed by atoms with Gasteiger partial charge in [0.15, 0.2) is 6.10 Å². The van der Waals surface area contributed by atoms with Gasteiger partial charge in [-0.05, 0) is 18.2 Å². The number of carbonyl (C=O) groups is 2. The van der Waals surface area contributed by atoms with E-state index in [1.165, 1.54) is 19.2 Å². The minimum atomic E-state index is -4.52. The van der Waals surface area contributed by atoms with E-state index in [4.69, 9.17) is 18.9 Å². The normalized spacial score (nSPS) is 26.6. The molecule has 154 valence electrons. The second-order valence-electron chi connectivity index (χ2n) is 6.35. The van der Waals surface area contributed by atoms with Crippen LogP contribution < -0.4 is 10.6 Å². The van der Waals surface area contributed by atoms with Gasteiger partial charge in [-0.3, -0.25) is 10.1 Å². The Labute approximate surface area is 158 Å². The number of fused-ring (bicyclic) bond motifs is 1. The quantitative estimate of drug-likeness (QED) is 0.773. The highest BCUT2D eigenvalue weighted by Gasteiger charge is 2.50. The highest BCUT2D eigenvalue weighted by atomic mass is 19.4. The standard InChI is InChI=1S/C17H19F3N2O6/c1-25-8-13(23)22-11-6-26-15-12(7-27-14(11)15)28-16(24)21-10-4-2-3-9(5-10)17(18,19)20/h2-5,11-12,14-15H,6-8H2,1H3,(H,21,24)(H,22,23)/t11-,12-,14-,15+/m1/s1. The fourth-order valence-electron chi connectivity index (χ4n) is 3.13. The molecule has 0 spiro atoms. The minimum absolute atomic E-state index is 0.0436. The molecule has 0 unspecified atom stereocenters. The molecule has 0 bridgehead atoms. The maximum atomic E-state index is 12.7. The average Bonchev–Trinajstić information content (AvgIpc) is 3.18. The number of methoxy groups -OCH3 is 1. The Balaban J connectivity index is 1.54. The van der Waals surface area contributed by atoms with Gasteiger partial charge in [0, 0.05) is 12.8 Å². The molecular formula is C17H19F3N2O6. The molecule has 2 heterocycles. The first-order chi connectivity index (χ1) is 13.3. The Kier molecular flexibility index (Phi) is 6.06. The average molecular weight is 404 g/mol. The first kappa shape index (κ1) is 20.4. The molecule has 0 saturated carbocycles. The zero-order valence-corrected chi connectivity index (χ0v) is 14.8. The van der Waals surface area contributed by atoms with Crippen LogP contribution in [-0.2, 0) is 29.9 Å². The van der Waals surface area contributed by atoms with Gasteiger partial charge in [0.1, 0.15) is 18.8 Å². The van der Waals surface area contributed by atoms with E-state index in [2.05, 4.69) is 10.6 Å².